The lowest BCUT2D eigenvalue weighted by molar-refractivity contribution is 0.243. The minimum atomic E-state index is -4.06. The maximum absolute atomic E-state index is 12.1. The van der Waals surface area contributed by atoms with Crippen molar-refractivity contribution in [3.05, 3.63) is 24.7 Å². The Bertz CT molecular complexity index is 722. The Hall–Kier alpha value is -0.730. The van der Waals surface area contributed by atoms with E-state index in [4.69, 9.17) is 9.05 Å². The number of allylic oxidation sites excluding steroid dienone is 2. The van der Waals surface area contributed by atoms with Gasteiger partial charge in [-0.1, -0.05) is 258 Å². The molecular weight excluding hydrogens is 671 g/mol. The highest BCUT2D eigenvalue weighted by molar-refractivity contribution is 7.47. The van der Waals surface area contributed by atoms with E-state index in [1.165, 1.54) is 257 Å². The molecule has 0 heterocycles. The largest absolute Gasteiger partial charge is 0.583 e. The zero-order chi connectivity index (χ0) is 38.4. The second-order valence-electron chi connectivity index (χ2n) is 16.4. The SMILES string of the molecule is CCCCCCCCCCCCCCCCCCCCCCC=COP(=O)(O)OC=CCCCCCCCCCCCCCCCCCCCCCC. The molecule has 0 aliphatic carbocycles. The smallest absolute Gasteiger partial charge is 0.404 e. The summed E-state index contributed by atoms with van der Waals surface area (Å²) in [6.45, 7) is 4.58. The molecule has 0 aliphatic heterocycles. The van der Waals surface area contributed by atoms with Gasteiger partial charge in [-0.2, -0.15) is 0 Å². The van der Waals surface area contributed by atoms with Crippen molar-refractivity contribution < 1.29 is 18.5 Å². The molecule has 316 valence electrons. The second kappa shape index (κ2) is 45.7. The number of rotatable bonds is 46. The van der Waals surface area contributed by atoms with Crippen LogP contribution in [0, 0.1) is 0 Å². The van der Waals surface area contributed by atoms with Crippen molar-refractivity contribution in [1.29, 1.82) is 0 Å². The third kappa shape index (κ3) is 47.3. The van der Waals surface area contributed by atoms with E-state index in [2.05, 4.69) is 13.8 Å². The molecule has 0 aromatic heterocycles. The van der Waals surface area contributed by atoms with E-state index in [-0.39, 0.29) is 0 Å². The molecule has 0 fully saturated rings. The molecule has 0 spiro atoms. The minimum Gasteiger partial charge on any atom is -0.404 e. The zero-order valence-corrected chi connectivity index (χ0v) is 37.0. The van der Waals surface area contributed by atoms with Gasteiger partial charge in [-0.05, 0) is 37.8 Å². The number of phosphoric acid groups is 1. The van der Waals surface area contributed by atoms with E-state index in [1.807, 2.05) is 12.2 Å². The fourth-order valence-corrected chi connectivity index (χ4v) is 7.97. The van der Waals surface area contributed by atoms with Gasteiger partial charge >= 0.3 is 7.82 Å². The van der Waals surface area contributed by atoms with Crippen molar-refractivity contribution in [2.24, 2.45) is 0 Å². The third-order valence-corrected chi connectivity index (χ3v) is 11.8. The van der Waals surface area contributed by atoms with E-state index in [0.717, 1.165) is 25.7 Å². The zero-order valence-electron chi connectivity index (χ0n) is 36.1. The van der Waals surface area contributed by atoms with Crippen molar-refractivity contribution in [2.75, 3.05) is 0 Å². The molecule has 0 aromatic carbocycles. The number of hydrogen-bond donors (Lipinski definition) is 1. The lowest BCUT2D eigenvalue weighted by atomic mass is 10.0. The molecule has 0 saturated carbocycles. The van der Waals surface area contributed by atoms with Gasteiger partial charge in [0.15, 0.2) is 0 Å². The molecule has 0 unspecified atom stereocenters. The first-order chi connectivity index (χ1) is 26.1. The van der Waals surface area contributed by atoms with Crippen LogP contribution in [-0.4, -0.2) is 4.89 Å². The third-order valence-electron chi connectivity index (χ3n) is 11.0. The van der Waals surface area contributed by atoms with Gasteiger partial charge in [0, 0.05) is 0 Å². The van der Waals surface area contributed by atoms with Crippen LogP contribution >= 0.6 is 7.82 Å². The Labute approximate surface area is 333 Å². The van der Waals surface area contributed by atoms with Gasteiger partial charge in [0.25, 0.3) is 0 Å². The van der Waals surface area contributed by atoms with Gasteiger partial charge in [0.2, 0.25) is 0 Å². The molecule has 0 bridgehead atoms. The van der Waals surface area contributed by atoms with E-state index >= 15 is 0 Å². The van der Waals surface area contributed by atoms with Crippen LogP contribution in [0.5, 0.6) is 0 Å². The van der Waals surface area contributed by atoms with Gasteiger partial charge in [-0.3, -0.25) is 4.89 Å². The summed E-state index contributed by atoms with van der Waals surface area (Å²) in [5.74, 6) is 0. The van der Waals surface area contributed by atoms with Gasteiger partial charge in [0.05, 0.1) is 12.5 Å². The highest BCUT2D eigenvalue weighted by Crippen LogP contribution is 2.43. The van der Waals surface area contributed by atoms with Gasteiger partial charge < -0.3 is 9.05 Å². The van der Waals surface area contributed by atoms with E-state index in [0.29, 0.717) is 0 Å². The molecule has 53 heavy (non-hydrogen) atoms. The van der Waals surface area contributed by atoms with Crippen LogP contribution < -0.4 is 0 Å². The summed E-state index contributed by atoms with van der Waals surface area (Å²) in [5, 5.41) is 0. The van der Waals surface area contributed by atoms with Crippen LogP contribution in [0.2, 0.25) is 0 Å². The average Bonchev–Trinajstić information content (AvgIpc) is 3.15. The lowest BCUT2D eigenvalue weighted by Crippen LogP contribution is -1.85. The summed E-state index contributed by atoms with van der Waals surface area (Å²) >= 11 is 0. The summed E-state index contributed by atoms with van der Waals surface area (Å²) in [7, 11) is -4.06. The fraction of sp³-hybridized carbons (Fsp3) is 0.917. The molecule has 0 aromatic rings. The predicted octanol–water partition coefficient (Wildman–Crippen LogP) is 18.6. The van der Waals surface area contributed by atoms with Crippen LogP contribution in [0.3, 0.4) is 0 Å². The maximum Gasteiger partial charge on any atom is 0.583 e. The molecule has 0 amide bonds. The molecule has 0 aliphatic rings. The molecule has 0 radical (unpaired) electrons. The topological polar surface area (TPSA) is 55.8 Å². The first-order valence-electron chi connectivity index (χ1n) is 24.1. The Morgan fingerprint density at radius 2 is 0.491 bits per heavy atom. The first-order valence-corrected chi connectivity index (χ1v) is 25.6. The minimum absolute atomic E-state index is 0.869. The summed E-state index contributed by atoms with van der Waals surface area (Å²) < 4.78 is 22.0. The Kier molecular flexibility index (Phi) is 45.0. The summed E-state index contributed by atoms with van der Waals surface area (Å²) in [5.41, 5.74) is 0. The van der Waals surface area contributed by atoms with Crippen LogP contribution in [0.25, 0.3) is 0 Å². The van der Waals surface area contributed by atoms with Crippen molar-refractivity contribution in [3.8, 4) is 0 Å². The Balaban J connectivity index is 3.34. The highest BCUT2D eigenvalue weighted by Gasteiger charge is 2.19. The highest BCUT2D eigenvalue weighted by atomic mass is 31.2. The Morgan fingerprint density at radius 3 is 0.679 bits per heavy atom. The van der Waals surface area contributed by atoms with Crippen LogP contribution in [-0.2, 0) is 13.6 Å². The summed E-state index contributed by atoms with van der Waals surface area (Å²) in [4.78, 5) is 9.87. The van der Waals surface area contributed by atoms with E-state index in [1.54, 1.807) is 0 Å². The van der Waals surface area contributed by atoms with Gasteiger partial charge in [0.1, 0.15) is 0 Å². The molecule has 5 heteroatoms. The first kappa shape index (κ1) is 52.3. The quantitative estimate of drug-likeness (QED) is 0.0381. The molecule has 4 nitrogen and oxygen atoms in total. The van der Waals surface area contributed by atoms with Crippen molar-refractivity contribution in [2.45, 2.75) is 284 Å². The van der Waals surface area contributed by atoms with Gasteiger partial charge in [-0.15, -0.1) is 0 Å². The van der Waals surface area contributed by atoms with E-state index < -0.39 is 7.82 Å². The summed E-state index contributed by atoms with van der Waals surface area (Å²) in [6.07, 6.45) is 63.4. The molecule has 0 saturated heterocycles. The van der Waals surface area contributed by atoms with Crippen molar-refractivity contribution in [3.63, 3.8) is 0 Å². The lowest BCUT2D eigenvalue weighted by Gasteiger charge is -2.07. The number of unbranched alkanes of at least 4 members (excludes halogenated alkanes) is 40. The van der Waals surface area contributed by atoms with Crippen molar-refractivity contribution in [1.82, 2.24) is 0 Å². The van der Waals surface area contributed by atoms with Crippen LogP contribution in [0.1, 0.15) is 284 Å². The van der Waals surface area contributed by atoms with Crippen molar-refractivity contribution >= 4 is 7.82 Å². The van der Waals surface area contributed by atoms with Crippen LogP contribution in [0.15, 0.2) is 24.7 Å². The predicted molar refractivity (Wildman–Crippen MR) is 236 cm³/mol. The van der Waals surface area contributed by atoms with Gasteiger partial charge in [-0.25, -0.2) is 4.57 Å². The number of hydrogen-bond acceptors (Lipinski definition) is 3. The van der Waals surface area contributed by atoms with E-state index in [9.17, 15) is 9.46 Å². The average molecular weight is 767 g/mol. The molecule has 0 atom stereocenters. The monoisotopic (exact) mass is 767 g/mol. The Morgan fingerprint density at radius 1 is 0.321 bits per heavy atom. The normalized spacial score (nSPS) is 13.0. The molecule has 0 rings (SSSR count). The summed E-state index contributed by atoms with van der Waals surface area (Å²) in [6, 6.07) is 0. The molecular formula is C48H95O4P. The second-order valence-corrected chi connectivity index (χ2v) is 17.8. The fourth-order valence-electron chi connectivity index (χ4n) is 7.44. The number of phosphoric ester groups is 1. The standard InChI is InChI=1S/C48H95O4P/c1-3-5-7-9-11-13-15-17-19-21-23-25-27-29-31-33-35-37-39-41-43-45-47-51-53(49,50)52-48-46-44-42-40-38-36-34-32-30-28-26-24-22-20-18-16-14-12-10-8-6-4-2/h45-48H,3-44H2,1-2H3,(H,49,50). The van der Waals surface area contributed by atoms with Crippen LogP contribution in [0.4, 0.5) is 0 Å². The maximum atomic E-state index is 12.1. The molecule has 1 N–H and O–H groups in total.